The summed E-state index contributed by atoms with van der Waals surface area (Å²) in [6.07, 6.45) is -3.42. The van der Waals surface area contributed by atoms with Crippen LogP contribution < -0.4 is 15.5 Å². The summed E-state index contributed by atoms with van der Waals surface area (Å²) in [5, 5.41) is 13.8. The molecule has 2 atom stereocenters. The third kappa shape index (κ3) is 5.16. The molecule has 0 spiro atoms. The molecule has 0 amide bonds. The van der Waals surface area contributed by atoms with Crippen LogP contribution in [0.4, 0.5) is 41.0 Å². The third-order valence-electron chi connectivity index (χ3n) is 5.23. The molecule has 2 N–H and O–H groups in total. The zero-order valence-electron chi connectivity index (χ0n) is 18.7. The Labute approximate surface area is 193 Å². The molecule has 0 aliphatic carbocycles. The third-order valence-corrected chi connectivity index (χ3v) is 5.23. The highest BCUT2D eigenvalue weighted by Gasteiger charge is 2.30. The average molecular weight is 477 g/mol. The number of aromatic nitrogens is 4. The molecular formula is C22H23F4N7O. The summed E-state index contributed by atoms with van der Waals surface area (Å²) >= 11 is 0. The Bertz CT molecular complexity index is 1150. The number of benzene rings is 1. The number of nitrogens with zero attached hydrogens (tertiary/aromatic N) is 5. The van der Waals surface area contributed by atoms with Gasteiger partial charge in [-0.1, -0.05) is 12.1 Å². The Morgan fingerprint density at radius 2 is 1.71 bits per heavy atom. The summed E-state index contributed by atoms with van der Waals surface area (Å²) in [5.41, 5.74) is 0.208. The van der Waals surface area contributed by atoms with Crippen molar-refractivity contribution in [1.29, 1.82) is 0 Å². The van der Waals surface area contributed by atoms with Crippen LogP contribution in [-0.2, 0) is 10.9 Å². The fourth-order valence-electron chi connectivity index (χ4n) is 3.76. The van der Waals surface area contributed by atoms with Gasteiger partial charge in [0.1, 0.15) is 0 Å². The first-order chi connectivity index (χ1) is 16.1. The van der Waals surface area contributed by atoms with E-state index in [4.69, 9.17) is 4.74 Å². The molecule has 4 rings (SSSR count). The van der Waals surface area contributed by atoms with Gasteiger partial charge in [-0.2, -0.15) is 18.2 Å². The highest BCUT2D eigenvalue weighted by Crippen LogP contribution is 2.33. The van der Waals surface area contributed by atoms with Crippen molar-refractivity contribution < 1.29 is 22.3 Å². The predicted molar refractivity (Wildman–Crippen MR) is 120 cm³/mol. The van der Waals surface area contributed by atoms with Crippen LogP contribution in [0.2, 0.25) is 0 Å². The molecule has 1 aromatic carbocycles. The van der Waals surface area contributed by atoms with E-state index in [0.717, 1.165) is 18.3 Å². The molecular weight excluding hydrogens is 454 g/mol. The molecule has 1 aliphatic heterocycles. The van der Waals surface area contributed by atoms with Crippen molar-refractivity contribution >= 4 is 23.4 Å². The number of anilines is 4. The summed E-state index contributed by atoms with van der Waals surface area (Å²) < 4.78 is 59.0. The van der Waals surface area contributed by atoms with Gasteiger partial charge in [-0.15, -0.1) is 10.2 Å². The smallest absolute Gasteiger partial charge is 0.372 e. The van der Waals surface area contributed by atoms with Crippen molar-refractivity contribution in [2.45, 2.75) is 32.2 Å². The molecule has 1 fully saturated rings. The maximum absolute atomic E-state index is 14.5. The number of nitrogens with one attached hydrogen (secondary N) is 2. The van der Waals surface area contributed by atoms with Gasteiger partial charge in [-0.05, 0) is 37.6 Å². The molecule has 0 saturated carbocycles. The van der Waals surface area contributed by atoms with E-state index in [1.165, 1.54) is 12.1 Å². The summed E-state index contributed by atoms with van der Waals surface area (Å²) in [7, 11) is 1.62. The summed E-state index contributed by atoms with van der Waals surface area (Å²) in [4.78, 5) is 10.3. The minimum absolute atomic E-state index is 0.0277. The van der Waals surface area contributed by atoms with Crippen LogP contribution in [-0.4, -0.2) is 52.5 Å². The van der Waals surface area contributed by atoms with Crippen molar-refractivity contribution in [3.05, 3.63) is 47.9 Å². The lowest BCUT2D eigenvalue weighted by atomic mass is 10.0. The van der Waals surface area contributed by atoms with Gasteiger partial charge in [0.25, 0.3) is 0 Å². The van der Waals surface area contributed by atoms with E-state index < -0.39 is 17.6 Å². The predicted octanol–water partition coefficient (Wildman–Crippen LogP) is 4.49. The largest absolute Gasteiger partial charge is 0.416 e. The number of hydrogen-bond acceptors (Lipinski definition) is 8. The zero-order valence-corrected chi connectivity index (χ0v) is 18.7. The second kappa shape index (κ2) is 9.37. The molecule has 0 unspecified atom stereocenters. The number of alkyl halides is 3. The van der Waals surface area contributed by atoms with Crippen LogP contribution >= 0.6 is 0 Å². The Kier molecular flexibility index (Phi) is 6.51. The second-order valence-corrected chi connectivity index (χ2v) is 7.97. The molecule has 1 saturated heterocycles. The van der Waals surface area contributed by atoms with E-state index in [-0.39, 0.29) is 23.8 Å². The minimum Gasteiger partial charge on any atom is -0.372 e. The first-order valence-electron chi connectivity index (χ1n) is 10.6. The maximum atomic E-state index is 14.5. The molecule has 180 valence electrons. The first kappa shape index (κ1) is 23.6. The van der Waals surface area contributed by atoms with Crippen molar-refractivity contribution in [2.75, 3.05) is 35.7 Å². The molecule has 12 heteroatoms. The standard InChI is InChI=1S/C22H23F4N7O/c1-12-10-33(11-13(2)34-12)21-28-9-17(23)20(30-21)29-18-8-16(19(27-3)32-31-18)14-4-6-15(7-5-14)22(24,25)26/h4-9,12-13H,10-11H2,1-3H3,(H,27,32)(H,28,29,30,31)/t12-,13+. The number of halogens is 4. The van der Waals surface area contributed by atoms with E-state index in [0.29, 0.717) is 36.0 Å². The average Bonchev–Trinajstić information content (AvgIpc) is 2.79. The molecule has 1 aliphatic rings. The number of rotatable bonds is 5. The normalized spacial score (nSPS) is 18.6. The SMILES string of the molecule is CNc1nnc(Nc2nc(N3C[C@@H](C)O[C@@H](C)C3)ncc2F)cc1-c1ccc(C(F)(F)F)cc1. The highest BCUT2D eigenvalue weighted by atomic mass is 19.4. The molecule has 3 heterocycles. The summed E-state index contributed by atoms with van der Waals surface area (Å²) in [6, 6.07) is 6.22. The lowest BCUT2D eigenvalue weighted by Crippen LogP contribution is -2.46. The lowest BCUT2D eigenvalue weighted by molar-refractivity contribution is -0.137. The summed E-state index contributed by atoms with van der Waals surface area (Å²) in [5.74, 6) is 0.0793. The van der Waals surface area contributed by atoms with Gasteiger partial charge in [0, 0.05) is 25.7 Å². The molecule has 8 nitrogen and oxygen atoms in total. The molecule has 0 bridgehead atoms. The fraction of sp³-hybridized carbons (Fsp3) is 0.364. The Hall–Kier alpha value is -3.54. The van der Waals surface area contributed by atoms with Gasteiger partial charge in [-0.3, -0.25) is 0 Å². The first-order valence-corrected chi connectivity index (χ1v) is 10.6. The Morgan fingerprint density at radius 3 is 2.32 bits per heavy atom. The Balaban J connectivity index is 1.62. The van der Waals surface area contributed by atoms with Gasteiger partial charge in [0.05, 0.1) is 24.0 Å². The highest BCUT2D eigenvalue weighted by molar-refractivity contribution is 5.77. The van der Waals surface area contributed by atoms with E-state index in [2.05, 4.69) is 30.8 Å². The van der Waals surface area contributed by atoms with Crippen molar-refractivity contribution in [3.63, 3.8) is 0 Å². The molecule has 2 aromatic heterocycles. The van der Waals surface area contributed by atoms with Gasteiger partial charge in [0.15, 0.2) is 23.3 Å². The van der Waals surface area contributed by atoms with Gasteiger partial charge in [-0.25, -0.2) is 9.37 Å². The number of morpholine rings is 1. The monoisotopic (exact) mass is 477 g/mol. The van der Waals surface area contributed by atoms with Crippen molar-refractivity contribution in [3.8, 4) is 11.1 Å². The molecule has 34 heavy (non-hydrogen) atoms. The van der Waals surface area contributed by atoms with E-state index in [1.807, 2.05) is 18.7 Å². The maximum Gasteiger partial charge on any atom is 0.416 e. The van der Waals surface area contributed by atoms with Crippen LogP contribution in [0.1, 0.15) is 19.4 Å². The van der Waals surface area contributed by atoms with Gasteiger partial charge >= 0.3 is 6.18 Å². The lowest BCUT2D eigenvalue weighted by Gasteiger charge is -2.35. The minimum atomic E-state index is -4.44. The van der Waals surface area contributed by atoms with Crippen LogP contribution in [0, 0.1) is 5.82 Å². The van der Waals surface area contributed by atoms with Crippen LogP contribution in [0.25, 0.3) is 11.1 Å². The van der Waals surface area contributed by atoms with Crippen molar-refractivity contribution in [1.82, 2.24) is 20.2 Å². The van der Waals surface area contributed by atoms with E-state index in [9.17, 15) is 17.6 Å². The molecule has 3 aromatic rings. The Morgan fingerprint density at radius 1 is 1.03 bits per heavy atom. The fourth-order valence-corrected chi connectivity index (χ4v) is 3.76. The van der Waals surface area contributed by atoms with E-state index in [1.54, 1.807) is 13.1 Å². The zero-order chi connectivity index (χ0) is 24.5. The second-order valence-electron chi connectivity index (χ2n) is 7.97. The molecule has 0 radical (unpaired) electrons. The van der Waals surface area contributed by atoms with Crippen molar-refractivity contribution in [2.24, 2.45) is 0 Å². The van der Waals surface area contributed by atoms with Crippen LogP contribution in [0.15, 0.2) is 36.5 Å². The van der Waals surface area contributed by atoms with Crippen LogP contribution in [0.5, 0.6) is 0 Å². The topological polar surface area (TPSA) is 88.1 Å². The van der Waals surface area contributed by atoms with E-state index >= 15 is 0 Å². The quantitative estimate of drug-likeness (QED) is 0.520. The van der Waals surface area contributed by atoms with Gasteiger partial charge < -0.3 is 20.3 Å². The van der Waals surface area contributed by atoms with Gasteiger partial charge in [0.2, 0.25) is 5.95 Å². The van der Waals surface area contributed by atoms with Crippen LogP contribution in [0.3, 0.4) is 0 Å². The number of hydrogen-bond donors (Lipinski definition) is 2. The summed E-state index contributed by atoms with van der Waals surface area (Å²) in [6.45, 7) is 4.99. The number of ether oxygens (including phenoxy) is 1.